The highest BCUT2D eigenvalue weighted by molar-refractivity contribution is 5.51. The second kappa shape index (κ2) is 5.35. The van der Waals surface area contributed by atoms with Crippen LogP contribution in [-0.2, 0) is 12.8 Å². The van der Waals surface area contributed by atoms with E-state index in [1.807, 2.05) is 6.07 Å². The zero-order chi connectivity index (χ0) is 13.1. The molecule has 1 aliphatic rings. The van der Waals surface area contributed by atoms with Gasteiger partial charge in [-0.2, -0.15) is 0 Å². The zero-order valence-electron chi connectivity index (χ0n) is 11.2. The minimum atomic E-state index is 0.649. The van der Waals surface area contributed by atoms with Crippen LogP contribution in [0.15, 0.2) is 42.5 Å². The van der Waals surface area contributed by atoms with Crippen molar-refractivity contribution in [1.29, 1.82) is 0 Å². The zero-order valence-corrected chi connectivity index (χ0v) is 11.2. The van der Waals surface area contributed by atoms with Crippen LogP contribution in [0.25, 0.3) is 0 Å². The molecule has 19 heavy (non-hydrogen) atoms. The molecule has 1 aliphatic heterocycles. The van der Waals surface area contributed by atoms with Crippen LogP contribution in [-0.4, -0.2) is 13.2 Å². The van der Waals surface area contributed by atoms with E-state index in [0.717, 1.165) is 24.3 Å². The SMILES string of the molecule is Cc1c(CCc2ccccc2)ccc2c1OCCO2. The molecule has 0 saturated carbocycles. The molecule has 0 atom stereocenters. The second-order valence-electron chi connectivity index (χ2n) is 4.86. The molecule has 2 heteroatoms. The highest BCUT2D eigenvalue weighted by Gasteiger charge is 2.16. The summed E-state index contributed by atoms with van der Waals surface area (Å²) in [6.45, 7) is 3.42. The van der Waals surface area contributed by atoms with Crippen LogP contribution in [0.2, 0.25) is 0 Å². The van der Waals surface area contributed by atoms with Crippen LogP contribution in [0.1, 0.15) is 16.7 Å². The normalized spacial score (nSPS) is 13.3. The van der Waals surface area contributed by atoms with Crippen LogP contribution in [0.4, 0.5) is 0 Å². The summed E-state index contributed by atoms with van der Waals surface area (Å²) in [5, 5.41) is 0. The molecular weight excluding hydrogens is 236 g/mol. The molecule has 0 aliphatic carbocycles. The third-order valence-corrected chi connectivity index (χ3v) is 3.60. The lowest BCUT2D eigenvalue weighted by molar-refractivity contribution is 0.170. The van der Waals surface area contributed by atoms with Gasteiger partial charge in [0.05, 0.1) is 0 Å². The lowest BCUT2D eigenvalue weighted by Crippen LogP contribution is -2.16. The number of hydrogen-bond donors (Lipinski definition) is 0. The maximum Gasteiger partial charge on any atom is 0.164 e. The van der Waals surface area contributed by atoms with Crippen molar-refractivity contribution in [3.63, 3.8) is 0 Å². The van der Waals surface area contributed by atoms with Gasteiger partial charge in [-0.15, -0.1) is 0 Å². The summed E-state index contributed by atoms with van der Waals surface area (Å²) in [6.07, 6.45) is 2.09. The van der Waals surface area contributed by atoms with Crippen molar-refractivity contribution in [2.45, 2.75) is 19.8 Å². The fraction of sp³-hybridized carbons (Fsp3) is 0.294. The maximum atomic E-state index is 5.72. The highest BCUT2D eigenvalue weighted by atomic mass is 16.6. The molecule has 0 unspecified atom stereocenters. The van der Waals surface area contributed by atoms with E-state index in [0.29, 0.717) is 13.2 Å². The fourth-order valence-electron chi connectivity index (χ4n) is 2.49. The van der Waals surface area contributed by atoms with Crippen molar-refractivity contribution in [1.82, 2.24) is 0 Å². The van der Waals surface area contributed by atoms with Crippen molar-refractivity contribution in [3.05, 3.63) is 59.2 Å². The van der Waals surface area contributed by atoms with E-state index in [1.165, 1.54) is 16.7 Å². The summed E-state index contributed by atoms with van der Waals surface area (Å²) >= 11 is 0. The molecule has 2 nitrogen and oxygen atoms in total. The summed E-state index contributed by atoms with van der Waals surface area (Å²) < 4.78 is 11.3. The Balaban J connectivity index is 1.78. The highest BCUT2D eigenvalue weighted by Crippen LogP contribution is 2.35. The van der Waals surface area contributed by atoms with E-state index >= 15 is 0 Å². The number of rotatable bonds is 3. The summed E-state index contributed by atoms with van der Waals surface area (Å²) in [4.78, 5) is 0. The van der Waals surface area contributed by atoms with Crippen LogP contribution in [0.3, 0.4) is 0 Å². The molecule has 0 radical (unpaired) electrons. The number of ether oxygens (including phenoxy) is 2. The number of hydrogen-bond acceptors (Lipinski definition) is 2. The van der Waals surface area contributed by atoms with Gasteiger partial charge in [-0.25, -0.2) is 0 Å². The average Bonchev–Trinajstić information content (AvgIpc) is 2.48. The van der Waals surface area contributed by atoms with E-state index in [-0.39, 0.29) is 0 Å². The molecular formula is C17H18O2. The van der Waals surface area contributed by atoms with Gasteiger partial charge >= 0.3 is 0 Å². The molecule has 2 aromatic carbocycles. The molecule has 0 fully saturated rings. The van der Waals surface area contributed by atoms with Gasteiger partial charge in [0.1, 0.15) is 13.2 Å². The quantitative estimate of drug-likeness (QED) is 0.834. The van der Waals surface area contributed by atoms with E-state index < -0.39 is 0 Å². The Labute approximate surface area is 114 Å². The van der Waals surface area contributed by atoms with Gasteiger partial charge in [0, 0.05) is 0 Å². The summed E-state index contributed by atoms with van der Waals surface area (Å²) in [7, 11) is 0. The van der Waals surface area contributed by atoms with Crippen molar-refractivity contribution >= 4 is 0 Å². The summed E-state index contributed by atoms with van der Waals surface area (Å²) in [6, 6.07) is 14.8. The third kappa shape index (κ3) is 2.58. The largest absolute Gasteiger partial charge is 0.486 e. The Hall–Kier alpha value is -1.96. The molecule has 0 saturated heterocycles. The van der Waals surface area contributed by atoms with Gasteiger partial charge in [0.2, 0.25) is 0 Å². The fourth-order valence-corrected chi connectivity index (χ4v) is 2.49. The molecule has 3 rings (SSSR count). The first-order chi connectivity index (χ1) is 9.34. The molecule has 0 bridgehead atoms. The molecule has 98 valence electrons. The Morgan fingerprint density at radius 2 is 1.68 bits per heavy atom. The lowest BCUT2D eigenvalue weighted by Gasteiger charge is -2.21. The molecule has 0 spiro atoms. The van der Waals surface area contributed by atoms with Crippen LogP contribution >= 0.6 is 0 Å². The molecule has 2 aromatic rings. The Bertz CT molecular complexity index is 561. The summed E-state index contributed by atoms with van der Waals surface area (Å²) in [5.41, 5.74) is 3.93. The first-order valence-corrected chi connectivity index (χ1v) is 6.76. The lowest BCUT2D eigenvalue weighted by atomic mass is 9.99. The predicted octanol–water partition coefficient (Wildman–Crippen LogP) is 3.55. The van der Waals surface area contributed by atoms with Gasteiger partial charge < -0.3 is 9.47 Å². The van der Waals surface area contributed by atoms with Crippen LogP contribution < -0.4 is 9.47 Å². The Morgan fingerprint density at radius 3 is 2.53 bits per heavy atom. The molecule has 0 N–H and O–H groups in total. The van der Waals surface area contributed by atoms with Crippen LogP contribution in [0, 0.1) is 6.92 Å². The van der Waals surface area contributed by atoms with E-state index in [4.69, 9.17) is 9.47 Å². The van der Waals surface area contributed by atoms with Crippen molar-refractivity contribution in [3.8, 4) is 11.5 Å². The number of fused-ring (bicyclic) bond motifs is 1. The number of benzene rings is 2. The maximum absolute atomic E-state index is 5.72. The van der Waals surface area contributed by atoms with Crippen molar-refractivity contribution in [2.24, 2.45) is 0 Å². The standard InChI is InChI=1S/C17H18O2/c1-13-15(8-7-14-5-3-2-4-6-14)9-10-16-17(13)19-12-11-18-16/h2-6,9-10H,7-8,11-12H2,1H3. The van der Waals surface area contributed by atoms with Crippen LogP contribution in [0.5, 0.6) is 11.5 Å². The van der Waals surface area contributed by atoms with E-state index in [1.54, 1.807) is 0 Å². The second-order valence-corrected chi connectivity index (χ2v) is 4.86. The van der Waals surface area contributed by atoms with Gasteiger partial charge in [-0.1, -0.05) is 36.4 Å². The topological polar surface area (TPSA) is 18.5 Å². The van der Waals surface area contributed by atoms with E-state index in [9.17, 15) is 0 Å². The molecule has 0 aromatic heterocycles. The average molecular weight is 254 g/mol. The van der Waals surface area contributed by atoms with Crippen molar-refractivity contribution < 1.29 is 9.47 Å². The smallest absolute Gasteiger partial charge is 0.164 e. The monoisotopic (exact) mass is 254 g/mol. The first-order valence-electron chi connectivity index (χ1n) is 6.76. The summed E-state index contributed by atoms with van der Waals surface area (Å²) in [5.74, 6) is 1.81. The third-order valence-electron chi connectivity index (χ3n) is 3.60. The van der Waals surface area contributed by atoms with Gasteiger partial charge in [0.25, 0.3) is 0 Å². The van der Waals surface area contributed by atoms with Gasteiger partial charge in [-0.3, -0.25) is 0 Å². The molecule has 0 amide bonds. The first kappa shape index (κ1) is 12.1. The van der Waals surface area contributed by atoms with Crippen molar-refractivity contribution in [2.75, 3.05) is 13.2 Å². The number of aryl methyl sites for hydroxylation is 2. The van der Waals surface area contributed by atoms with Gasteiger partial charge in [-0.05, 0) is 42.5 Å². The minimum absolute atomic E-state index is 0.649. The molecule has 1 heterocycles. The minimum Gasteiger partial charge on any atom is -0.486 e. The Kier molecular flexibility index (Phi) is 3.41. The van der Waals surface area contributed by atoms with E-state index in [2.05, 4.69) is 43.3 Å². The Morgan fingerprint density at radius 1 is 0.895 bits per heavy atom. The van der Waals surface area contributed by atoms with Gasteiger partial charge in [0.15, 0.2) is 11.5 Å². The predicted molar refractivity (Wildman–Crippen MR) is 76.0 cm³/mol.